The van der Waals surface area contributed by atoms with Crippen LogP contribution in [0.3, 0.4) is 0 Å². The molecule has 0 spiro atoms. The number of amides is 1. The van der Waals surface area contributed by atoms with Crippen LogP contribution in [0.2, 0.25) is 5.02 Å². The number of para-hydroxylation sites is 2. The fourth-order valence-corrected chi connectivity index (χ4v) is 6.07. The summed E-state index contributed by atoms with van der Waals surface area (Å²) in [5.41, 5.74) is 4.04. The first-order valence-corrected chi connectivity index (χ1v) is 15.5. The molecule has 1 N–H and O–H groups in total. The van der Waals surface area contributed by atoms with Crippen LogP contribution in [-0.4, -0.2) is 77.7 Å². The van der Waals surface area contributed by atoms with Crippen molar-refractivity contribution in [3.8, 4) is 0 Å². The van der Waals surface area contributed by atoms with E-state index in [-0.39, 0.29) is 11.8 Å². The molecule has 42 heavy (non-hydrogen) atoms. The zero-order chi connectivity index (χ0) is 29.3. The van der Waals surface area contributed by atoms with E-state index in [0.717, 1.165) is 67.4 Å². The van der Waals surface area contributed by atoms with Crippen molar-refractivity contribution >= 4 is 34.5 Å². The second-order valence-electron chi connectivity index (χ2n) is 11.1. The van der Waals surface area contributed by atoms with E-state index in [2.05, 4.69) is 39.0 Å². The van der Waals surface area contributed by atoms with E-state index in [9.17, 15) is 4.79 Å². The van der Waals surface area contributed by atoms with Gasteiger partial charge in [0.15, 0.2) is 0 Å². The number of aromatic nitrogens is 2. The largest absolute Gasteiger partial charge is 0.380 e. The number of likely N-dealkylation sites (N-methyl/N-ethyl adjacent to an activating group) is 1. The summed E-state index contributed by atoms with van der Waals surface area (Å²) in [5.74, 6) is 1.17. The molecule has 0 aliphatic carbocycles. The van der Waals surface area contributed by atoms with Crippen molar-refractivity contribution in [2.24, 2.45) is 0 Å². The lowest BCUT2D eigenvalue weighted by molar-refractivity contribution is 0.0782. The van der Waals surface area contributed by atoms with E-state index >= 15 is 0 Å². The summed E-state index contributed by atoms with van der Waals surface area (Å²) in [6.45, 7) is 7.86. The number of nitrogens with one attached hydrogen (secondary N) is 1. The summed E-state index contributed by atoms with van der Waals surface area (Å²) in [7, 11) is 1.89. The summed E-state index contributed by atoms with van der Waals surface area (Å²) in [4.78, 5) is 22.4. The van der Waals surface area contributed by atoms with Crippen LogP contribution in [0.5, 0.6) is 0 Å². The van der Waals surface area contributed by atoms with Crippen molar-refractivity contribution in [2.45, 2.75) is 44.7 Å². The number of carbonyl (C=O) groups excluding carboxylic acids is 1. The van der Waals surface area contributed by atoms with Gasteiger partial charge in [0.2, 0.25) is 5.95 Å². The molecule has 1 unspecified atom stereocenters. The number of benzene rings is 3. The third-order valence-electron chi connectivity index (χ3n) is 8.21. The molecule has 4 aromatic rings. The van der Waals surface area contributed by atoms with Crippen LogP contribution >= 0.6 is 11.6 Å². The Labute approximate surface area is 254 Å². The van der Waals surface area contributed by atoms with Gasteiger partial charge in [-0.25, -0.2) is 4.98 Å². The normalized spacial score (nSPS) is 15.1. The molecule has 5 rings (SSSR count). The van der Waals surface area contributed by atoms with Crippen LogP contribution in [-0.2, 0) is 11.3 Å². The van der Waals surface area contributed by atoms with Crippen molar-refractivity contribution in [3.05, 3.63) is 95.0 Å². The molecule has 222 valence electrons. The Balaban J connectivity index is 1.18. The van der Waals surface area contributed by atoms with Gasteiger partial charge in [-0.05, 0) is 74.7 Å². The minimum absolute atomic E-state index is 0.0433. The summed E-state index contributed by atoms with van der Waals surface area (Å²) in [6.07, 6.45) is 3.07. The molecule has 0 radical (unpaired) electrons. The standard InChI is InChI=1S/C34H42ClN5O2/c1-3-42-23-22-40-32-15-8-7-14-31(32)37-34(40)36-30-17-20-39(21-18-30)19-16-28(27-12-9-13-29(35)24-27)25-38(2)33(41)26-10-5-4-6-11-26/h4-15,24,28,30H,3,16-23,25H2,1-2H3,(H,36,37). The molecule has 1 aliphatic rings. The number of anilines is 1. The molecule has 8 heteroatoms. The zero-order valence-corrected chi connectivity index (χ0v) is 25.5. The summed E-state index contributed by atoms with van der Waals surface area (Å²) in [5, 5.41) is 4.48. The van der Waals surface area contributed by atoms with E-state index in [1.165, 1.54) is 5.56 Å². The summed E-state index contributed by atoms with van der Waals surface area (Å²) in [6, 6.07) is 26.3. The maximum Gasteiger partial charge on any atom is 0.253 e. The highest BCUT2D eigenvalue weighted by atomic mass is 35.5. The van der Waals surface area contributed by atoms with Gasteiger partial charge in [-0.15, -0.1) is 0 Å². The number of likely N-dealkylation sites (tertiary alicyclic amines) is 1. The number of fused-ring (bicyclic) bond motifs is 1. The number of nitrogens with zero attached hydrogens (tertiary/aromatic N) is 4. The molecule has 7 nitrogen and oxygen atoms in total. The maximum absolute atomic E-state index is 13.1. The third kappa shape index (κ3) is 7.71. The molecule has 1 amide bonds. The molecule has 1 atom stereocenters. The third-order valence-corrected chi connectivity index (χ3v) is 8.45. The molecule has 1 fully saturated rings. The van der Waals surface area contributed by atoms with Gasteiger partial charge in [0.25, 0.3) is 5.91 Å². The van der Waals surface area contributed by atoms with Crippen LogP contribution in [0.15, 0.2) is 78.9 Å². The topological polar surface area (TPSA) is 62.6 Å². The number of imidazole rings is 1. The Kier molecular flexibility index (Phi) is 10.5. The molecular weight excluding hydrogens is 546 g/mol. The van der Waals surface area contributed by atoms with Crippen LogP contribution in [0.4, 0.5) is 5.95 Å². The van der Waals surface area contributed by atoms with Crippen molar-refractivity contribution in [1.82, 2.24) is 19.4 Å². The van der Waals surface area contributed by atoms with Crippen molar-refractivity contribution in [3.63, 3.8) is 0 Å². The fourth-order valence-electron chi connectivity index (χ4n) is 5.87. The second kappa shape index (κ2) is 14.7. The van der Waals surface area contributed by atoms with E-state index in [0.29, 0.717) is 31.4 Å². The monoisotopic (exact) mass is 587 g/mol. The lowest BCUT2D eigenvalue weighted by Gasteiger charge is -2.34. The quantitative estimate of drug-likeness (QED) is 0.180. The molecule has 0 bridgehead atoms. The van der Waals surface area contributed by atoms with Crippen molar-refractivity contribution < 1.29 is 9.53 Å². The number of rotatable bonds is 13. The van der Waals surface area contributed by atoms with Gasteiger partial charge >= 0.3 is 0 Å². The molecular formula is C34H42ClN5O2. The minimum atomic E-state index is 0.0433. The predicted octanol–water partition coefficient (Wildman–Crippen LogP) is 6.55. The van der Waals surface area contributed by atoms with Crippen LogP contribution in [0.1, 0.15) is 48.0 Å². The lowest BCUT2D eigenvalue weighted by atomic mass is 9.94. The van der Waals surface area contributed by atoms with Gasteiger partial charge < -0.3 is 24.4 Å². The highest BCUT2D eigenvalue weighted by molar-refractivity contribution is 6.30. The van der Waals surface area contributed by atoms with Gasteiger partial charge in [0.05, 0.1) is 17.6 Å². The van der Waals surface area contributed by atoms with Crippen molar-refractivity contribution in [1.29, 1.82) is 0 Å². The van der Waals surface area contributed by atoms with Gasteiger partial charge in [0.1, 0.15) is 0 Å². The number of piperidine rings is 1. The van der Waals surface area contributed by atoms with E-state index in [4.69, 9.17) is 21.3 Å². The van der Waals surface area contributed by atoms with Crippen LogP contribution in [0, 0.1) is 0 Å². The Hall–Kier alpha value is -3.39. The number of hydrogen-bond donors (Lipinski definition) is 1. The Morgan fingerprint density at radius 2 is 1.81 bits per heavy atom. The lowest BCUT2D eigenvalue weighted by Crippen LogP contribution is -2.40. The molecule has 1 aliphatic heterocycles. The Morgan fingerprint density at radius 1 is 1.05 bits per heavy atom. The van der Waals surface area contributed by atoms with Crippen LogP contribution in [0.25, 0.3) is 11.0 Å². The zero-order valence-electron chi connectivity index (χ0n) is 24.7. The number of halogens is 1. The summed E-state index contributed by atoms with van der Waals surface area (Å²) < 4.78 is 7.90. The molecule has 1 aromatic heterocycles. The minimum Gasteiger partial charge on any atom is -0.380 e. The first-order valence-electron chi connectivity index (χ1n) is 15.1. The van der Waals surface area contributed by atoms with E-state index in [1.807, 2.05) is 73.5 Å². The number of carbonyl (C=O) groups is 1. The van der Waals surface area contributed by atoms with Crippen LogP contribution < -0.4 is 5.32 Å². The van der Waals surface area contributed by atoms with Gasteiger partial charge in [-0.3, -0.25) is 4.79 Å². The Bertz CT molecular complexity index is 1430. The Morgan fingerprint density at radius 3 is 2.57 bits per heavy atom. The average molecular weight is 588 g/mol. The predicted molar refractivity (Wildman–Crippen MR) is 172 cm³/mol. The maximum atomic E-state index is 13.1. The van der Waals surface area contributed by atoms with Gasteiger partial charge in [-0.1, -0.05) is 54.1 Å². The van der Waals surface area contributed by atoms with E-state index in [1.54, 1.807) is 0 Å². The smallest absolute Gasteiger partial charge is 0.253 e. The SMILES string of the molecule is CCOCCn1c(NC2CCN(CCC(CN(C)C(=O)c3ccccc3)c3cccc(Cl)c3)CC2)nc2ccccc21. The number of hydrogen-bond acceptors (Lipinski definition) is 5. The first-order chi connectivity index (χ1) is 20.5. The highest BCUT2D eigenvalue weighted by Gasteiger charge is 2.24. The average Bonchev–Trinajstić information content (AvgIpc) is 3.36. The molecule has 0 saturated carbocycles. The summed E-state index contributed by atoms with van der Waals surface area (Å²) >= 11 is 6.38. The van der Waals surface area contributed by atoms with Crippen molar-refractivity contribution in [2.75, 3.05) is 51.8 Å². The molecule has 1 saturated heterocycles. The van der Waals surface area contributed by atoms with E-state index < -0.39 is 0 Å². The van der Waals surface area contributed by atoms with Gasteiger partial charge in [0, 0.05) is 62.4 Å². The molecule has 3 aromatic carbocycles. The number of ether oxygens (including phenoxy) is 1. The molecule has 2 heterocycles. The first kappa shape index (κ1) is 30.1. The van der Waals surface area contributed by atoms with Gasteiger partial charge in [-0.2, -0.15) is 0 Å². The second-order valence-corrected chi connectivity index (χ2v) is 11.6. The highest BCUT2D eigenvalue weighted by Crippen LogP contribution is 2.27. The fraction of sp³-hybridized carbons (Fsp3) is 0.412.